The van der Waals surface area contributed by atoms with Crippen LogP contribution in [0.2, 0.25) is 0 Å². The highest BCUT2D eigenvalue weighted by Crippen LogP contribution is 2.14. The van der Waals surface area contributed by atoms with E-state index in [-0.39, 0.29) is 5.91 Å². The fraction of sp³-hybridized carbons (Fsp3) is 0.533. The highest BCUT2D eigenvalue weighted by Gasteiger charge is 2.05. The Morgan fingerprint density at radius 1 is 1.00 bits per heavy atom. The number of rotatable bonds is 6. The minimum Gasteiger partial charge on any atom is -0.373 e. The van der Waals surface area contributed by atoms with Crippen molar-refractivity contribution in [2.24, 2.45) is 0 Å². The molecule has 0 fully saturated rings. The number of nitrogens with zero attached hydrogens (tertiary/aromatic N) is 3. The predicted molar refractivity (Wildman–Crippen MR) is 80.4 cm³/mol. The Kier molecular flexibility index (Phi) is 5.83. The van der Waals surface area contributed by atoms with E-state index in [1.807, 2.05) is 7.05 Å². The Balaban J connectivity index is 2.58. The summed E-state index contributed by atoms with van der Waals surface area (Å²) in [5, 5.41) is 0. The van der Waals surface area contributed by atoms with Crippen LogP contribution in [0.25, 0.3) is 0 Å². The molecule has 0 heterocycles. The zero-order valence-corrected chi connectivity index (χ0v) is 12.7. The number of benzene rings is 1. The summed E-state index contributed by atoms with van der Waals surface area (Å²) in [4.78, 5) is 17.3. The lowest BCUT2D eigenvalue weighted by Crippen LogP contribution is -2.28. The number of amides is 1. The molecule has 0 aliphatic rings. The number of anilines is 1. The normalized spacial score (nSPS) is 10.6. The molecule has 0 saturated carbocycles. The average Bonchev–Trinajstić information content (AvgIpc) is 2.36. The van der Waals surface area contributed by atoms with E-state index in [0.717, 1.165) is 18.7 Å². The van der Waals surface area contributed by atoms with Crippen molar-refractivity contribution >= 4 is 11.6 Å². The zero-order valence-electron chi connectivity index (χ0n) is 12.7. The lowest BCUT2D eigenvalue weighted by atomic mass is 10.2. The molecule has 106 valence electrons. The smallest absolute Gasteiger partial charge is 0.219 e. The van der Waals surface area contributed by atoms with Crippen LogP contribution in [0.15, 0.2) is 24.3 Å². The minimum absolute atomic E-state index is 0.0900. The van der Waals surface area contributed by atoms with E-state index in [9.17, 15) is 4.79 Å². The first kappa shape index (κ1) is 15.5. The molecule has 0 atom stereocenters. The topological polar surface area (TPSA) is 26.8 Å². The standard InChI is InChI=1S/C15H25N3O/c1-13(19)18(5)12-14-6-8-15(9-7-14)17(4)11-10-16(2)3/h6-9H,10-12H2,1-5H3. The van der Waals surface area contributed by atoms with Crippen molar-refractivity contribution in [3.05, 3.63) is 29.8 Å². The van der Waals surface area contributed by atoms with Crippen LogP contribution in [-0.2, 0) is 11.3 Å². The molecule has 0 spiro atoms. The molecular formula is C15H25N3O. The number of carbonyl (C=O) groups is 1. The molecule has 19 heavy (non-hydrogen) atoms. The van der Waals surface area contributed by atoms with E-state index in [0.29, 0.717) is 6.54 Å². The van der Waals surface area contributed by atoms with Gasteiger partial charge in [-0.25, -0.2) is 0 Å². The second-order valence-electron chi connectivity index (χ2n) is 5.27. The van der Waals surface area contributed by atoms with Crippen LogP contribution in [0.3, 0.4) is 0 Å². The Labute approximate surface area is 116 Å². The van der Waals surface area contributed by atoms with Crippen molar-refractivity contribution in [3.8, 4) is 0 Å². The van der Waals surface area contributed by atoms with Gasteiger partial charge in [0.25, 0.3) is 0 Å². The minimum atomic E-state index is 0.0900. The summed E-state index contributed by atoms with van der Waals surface area (Å²) in [6.45, 7) is 4.28. The number of carbonyl (C=O) groups excluding carboxylic acids is 1. The lowest BCUT2D eigenvalue weighted by Gasteiger charge is -2.22. The SMILES string of the molecule is CC(=O)N(C)Cc1ccc(N(C)CCN(C)C)cc1. The van der Waals surface area contributed by atoms with Crippen LogP contribution in [0.5, 0.6) is 0 Å². The highest BCUT2D eigenvalue weighted by molar-refractivity contribution is 5.72. The first-order valence-electron chi connectivity index (χ1n) is 6.56. The van der Waals surface area contributed by atoms with Gasteiger partial charge >= 0.3 is 0 Å². The van der Waals surface area contributed by atoms with Gasteiger partial charge in [0.05, 0.1) is 0 Å². The van der Waals surface area contributed by atoms with Crippen molar-refractivity contribution in [2.75, 3.05) is 46.2 Å². The van der Waals surface area contributed by atoms with Crippen molar-refractivity contribution in [2.45, 2.75) is 13.5 Å². The first-order valence-corrected chi connectivity index (χ1v) is 6.56. The Morgan fingerprint density at radius 3 is 2.05 bits per heavy atom. The van der Waals surface area contributed by atoms with Gasteiger partial charge < -0.3 is 14.7 Å². The molecule has 0 aromatic heterocycles. The van der Waals surface area contributed by atoms with Crippen molar-refractivity contribution in [3.63, 3.8) is 0 Å². The van der Waals surface area contributed by atoms with E-state index in [4.69, 9.17) is 0 Å². The second kappa shape index (κ2) is 7.14. The molecule has 4 nitrogen and oxygen atoms in total. The Hall–Kier alpha value is -1.55. The third-order valence-electron chi connectivity index (χ3n) is 3.22. The molecule has 1 aromatic rings. The maximum Gasteiger partial charge on any atom is 0.219 e. The summed E-state index contributed by atoms with van der Waals surface area (Å²) >= 11 is 0. The molecule has 0 unspecified atom stereocenters. The molecule has 1 aromatic carbocycles. The summed E-state index contributed by atoms with van der Waals surface area (Å²) in [6.07, 6.45) is 0. The second-order valence-corrected chi connectivity index (χ2v) is 5.27. The third kappa shape index (κ3) is 5.30. The molecule has 0 saturated heterocycles. The van der Waals surface area contributed by atoms with Crippen LogP contribution in [0, 0.1) is 0 Å². The summed E-state index contributed by atoms with van der Waals surface area (Å²) in [5.41, 5.74) is 2.36. The molecule has 1 amide bonds. The van der Waals surface area contributed by atoms with E-state index < -0.39 is 0 Å². The van der Waals surface area contributed by atoms with Gasteiger partial charge in [-0.05, 0) is 31.8 Å². The lowest BCUT2D eigenvalue weighted by molar-refractivity contribution is -0.128. The van der Waals surface area contributed by atoms with Crippen molar-refractivity contribution in [1.82, 2.24) is 9.80 Å². The monoisotopic (exact) mass is 263 g/mol. The average molecular weight is 263 g/mol. The number of hydrogen-bond acceptors (Lipinski definition) is 3. The quantitative estimate of drug-likeness (QED) is 0.781. The van der Waals surface area contributed by atoms with Crippen LogP contribution in [0.1, 0.15) is 12.5 Å². The fourth-order valence-electron chi connectivity index (χ4n) is 1.72. The molecule has 1 rings (SSSR count). The predicted octanol–water partition coefficient (Wildman–Crippen LogP) is 1.66. The third-order valence-corrected chi connectivity index (χ3v) is 3.22. The van der Waals surface area contributed by atoms with Crippen LogP contribution in [-0.4, -0.2) is 57.0 Å². The van der Waals surface area contributed by atoms with Gasteiger partial charge in [-0.15, -0.1) is 0 Å². The first-order chi connectivity index (χ1) is 8.90. The number of hydrogen-bond donors (Lipinski definition) is 0. The molecule has 0 N–H and O–H groups in total. The summed E-state index contributed by atoms with van der Waals surface area (Å²) in [7, 11) is 8.07. The summed E-state index contributed by atoms with van der Waals surface area (Å²) < 4.78 is 0. The van der Waals surface area contributed by atoms with Crippen LogP contribution < -0.4 is 4.90 Å². The van der Waals surface area contributed by atoms with Gasteiger partial charge in [0.2, 0.25) is 5.91 Å². The van der Waals surface area contributed by atoms with E-state index >= 15 is 0 Å². The van der Waals surface area contributed by atoms with E-state index in [2.05, 4.69) is 55.2 Å². The zero-order chi connectivity index (χ0) is 14.4. The van der Waals surface area contributed by atoms with Gasteiger partial charge in [0, 0.05) is 46.3 Å². The molecular weight excluding hydrogens is 238 g/mol. The van der Waals surface area contributed by atoms with Gasteiger partial charge in [-0.2, -0.15) is 0 Å². The van der Waals surface area contributed by atoms with E-state index in [1.165, 1.54) is 5.69 Å². The molecule has 0 aliphatic heterocycles. The molecule has 0 bridgehead atoms. The largest absolute Gasteiger partial charge is 0.373 e. The molecule has 0 aliphatic carbocycles. The molecule has 4 heteroatoms. The van der Waals surface area contributed by atoms with Gasteiger partial charge in [0.1, 0.15) is 0 Å². The Morgan fingerprint density at radius 2 is 1.58 bits per heavy atom. The Bertz CT molecular complexity index is 400. The van der Waals surface area contributed by atoms with E-state index in [1.54, 1.807) is 11.8 Å². The summed E-state index contributed by atoms with van der Waals surface area (Å²) in [5.74, 6) is 0.0900. The molecule has 0 radical (unpaired) electrons. The maximum atomic E-state index is 11.2. The van der Waals surface area contributed by atoms with Gasteiger partial charge in [0.15, 0.2) is 0 Å². The van der Waals surface area contributed by atoms with Crippen LogP contribution >= 0.6 is 0 Å². The van der Waals surface area contributed by atoms with Crippen molar-refractivity contribution < 1.29 is 4.79 Å². The van der Waals surface area contributed by atoms with Gasteiger partial charge in [-0.3, -0.25) is 4.79 Å². The number of likely N-dealkylation sites (N-methyl/N-ethyl adjacent to an activating group) is 2. The maximum absolute atomic E-state index is 11.2. The van der Waals surface area contributed by atoms with Crippen LogP contribution in [0.4, 0.5) is 5.69 Å². The van der Waals surface area contributed by atoms with Crippen molar-refractivity contribution in [1.29, 1.82) is 0 Å². The fourth-order valence-corrected chi connectivity index (χ4v) is 1.72. The highest BCUT2D eigenvalue weighted by atomic mass is 16.2. The van der Waals surface area contributed by atoms with Gasteiger partial charge in [-0.1, -0.05) is 12.1 Å². The summed E-state index contributed by atoms with van der Waals surface area (Å²) in [6, 6.07) is 8.39.